The summed E-state index contributed by atoms with van der Waals surface area (Å²) in [4.78, 5) is 15.6. The van der Waals surface area contributed by atoms with Gasteiger partial charge in [-0.3, -0.25) is 0 Å². The smallest absolute Gasteiger partial charge is 0.222 e. The second kappa shape index (κ2) is 49.9. The van der Waals surface area contributed by atoms with Gasteiger partial charge in [0.2, 0.25) is 11.4 Å². The Kier molecular flexibility index (Phi) is 42.8. The van der Waals surface area contributed by atoms with Crippen LogP contribution in [0.3, 0.4) is 0 Å². The van der Waals surface area contributed by atoms with E-state index in [9.17, 15) is 52.6 Å². The Morgan fingerprint density at radius 1 is 0.424 bits per heavy atom. The monoisotopic (exact) mass is 1950 g/mol. The first kappa shape index (κ1) is 107. The van der Waals surface area contributed by atoms with E-state index < -0.39 is 47.3 Å². The number of aliphatic hydroxyl groups is 7. The number of β-amino-alcohol motifs (C(OH)–C–C–N with tert-alkyl or cyclic N) is 5. The summed E-state index contributed by atoms with van der Waals surface area (Å²) in [5.74, 6) is -3.14. The van der Waals surface area contributed by atoms with Crippen LogP contribution in [-0.4, -0.2) is 163 Å². The van der Waals surface area contributed by atoms with Crippen LogP contribution in [0, 0.1) is 119 Å². The first-order chi connectivity index (χ1) is 58.1. The average molecular weight is 1950 g/mol. The molecule has 18 nitrogen and oxygen atoms in total. The van der Waals surface area contributed by atoms with Gasteiger partial charge in [0.05, 0.1) is 55.9 Å². The van der Waals surface area contributed by atoms with Gasteiger partial charge in [-0.25, -0.2) is 31.6 Å². The third-order valence-electron chi connectivity index (χ3n) is 22.0. The van der Waals surface area contributed by atoms with Crippen LogP contribution in [0.2, 0.25) is 0 Å². The van der Waals surface area contributed by atoms with Gasteiger partial charge < -0.3 is 82.8 Å². The summed E-state index contributed by atoms with van der Waals surface area (Å²) in [5.41, 5.74) is 30.7. The van der Waals surface area contributed by atoms with Crippen molar-refractivity contribution in [3.8, 4) is 0 Å². The number of halogens is 5. The van der Waals surface area contributed by atoms with Gasteiger partial charge in [-0.1, -0.05) is 183 Å². The molecule has 0 aromatic heterocycles. The van der Waals surface area contributed by atoms with E-state index in [0.29, 0.717) is 69.0 Å². The van der Waals surface area contributed by atoms with Crippen LogP contribution in [-0.2, 0) is 64.6 Å². The Bertz CT molecular complexity index is 4370. The summed E-state index contributed by atoms with van der Waals surface area (Å²) >= 11 is 0. The first-order valence-electron chi connectivity index (χ1n) is 44.3. The fourth-order valence-corrected chi connectivity index (χ4v) is 16.4. The molecule has 125 heavy (non-hydrogen) atoms. The zero-order valence-electron chi connectivity index (χ0n) is 77.3. The Hall–Kier alpha value is -6.67. The maximum absolute atomic E-state index is 13.5. The van der Waals surface area contributed by atoms with Crippen LogP contribution in [0.15, 0.2) is 127 Å². The predicted octanol–water partition coefficient (Wildman–Crippen LogP) is 17.7. The Morgan fingerprint density at radius 2 is 0.744 bits per heavy atom. The molecule has 13 N–H and O–H groups in total. The number of rotatable bonds is 24. The molecule has 7 aromatic rings. The van der Waals surface area contributed by atoms with Crippen molar-refractivity contribution in [1.82, 2.24) is 16.0 Å². The molecule has 5 aliphatic heterocycles. The van der Waals surface area contributed by atoms with Gasteiger partial charge in [0.15, 0.2) is 0 Å². The van der Waals surface area contributed by atoms with Crippen molar-refractivity contribution in [2.24, 2.45) is 38.7 Å². The minimum atomic E-state index is -0.980. The molecule has 0 saturated carbocycles. The number of nitrogens with one attached hydrogen (secondary N) is 4. The molecule has 0 amide bonds. The molecule has 5 unspecified atom stereocenters. The third kappa shape index (κ3) is 38.9. The number of nitrogens with zero attached hydrogens (tertiary/aromatic N) is 6. The molecule has 5 fully saturated rings. The van der Waals surface area contributed by atoms with E-state index in [0.717, 1.165) is 156 Å². The van der Waals surface area contributed by atoms with Crippen molar-refractivity contribution in [3.63, 3.8) is 0 Å². The molecule has 5 aliphatic rings. The van der Waals surface area contributed by atoms with Crippen LogP contribution in [0.5, 0.6) is 0 Å². The molecular weight excluding hydrogens is 1800 g/mol. The molecule has 5 saturated heterocycles. The second-order valence-electron chi connectivity index (χ2n) is 40.8. The topological polar surface area (TPSA) is 249 Å². The van der Waals surface area contributed by atoms with E-state index in [-0.39, 0.29) is 126 Å². The van der Waals surface area contributed by atoms with Crippen molar-refractivity contribution >= 4 is 34.1 Å². The van der Waals surface area contributed by atoms with E-state index in [4.69, 9.17) is 29.7 Å². The standard InChI is InChI=1S/C27H38F2N2O2.C26H36F2N3O2.C16H22N2O.C16H26N2O.C12H14FN.C4H9NO.Ac/c1-18(9-20-11-22(28)13-23(29)12-20)26(33)16-30-15-21-10-19(14-27(2,3)4)5-6-25(21)31-8-7-24(32)17-31;1-26(2,3)13-17-4-5-24(31-7-6-22(32)16-31)19(8-17)14-30-15-25(33)23(29)11-18-9-20(27)12-21(28)10-18;1-16(2,3)10-12-5-6-15(14(9-12)17-4)18-8-7-13(19)11-18;1-16(2,3)9-12-4-5-15(13(8-12)10-17)18-7-6-14(19)11-18;1-12(2,3)8-9-5-6-10(13)11(7-9)14-4;6-4-1-2-5-3-4;/h5-6,10-13,18,24,26,30,32-33H,7-9,14-17H2,1-4H3;4-5,8-10,12,22-23,25,29-30,32-33H,6-7,11,13-16H2,1-3H3;5-6,9,13,19H,7-8,10-11H2,1-3H3;4-5,8,14,19H,6-7,9-11,17H2,1-3H3;5-7H,8H2,1-3H3;4-6H,1-3H2;/q;-1;;;;;/t18-,24?,26+;22?,23-,25+;;;;;/m00...../s1. The number of anilines is 4. The Morgan fingerprint density at radius 3 is 1.06 bits per heavy atom. The third-order valence-corrected chi connectivity index (χ3v) is 22.0. The summed E-state index contributed by atoms with van der Waals surface area (Å²) in [6.45, 7) is 59.0. The van der Waals surface area contributed by atoms with Crippen LogP contribution in [0.4, 0.5) is 56.1 Å². The number of nitrogens with two attached hydrogens (primary N) is 1. The molecule has 0 aliphatic carbocycles. The fraction of sp³-hybridized carbons (Fsp3) is 0.564. The second-order valence-corrected chi connectivity index (χ2v) is 40.8. The quantitative estimate of drug-likeness (QED) is 0.0199. The molecule has 1 radical (unpaired) electrons. The Labute approximate surface area is 779 Å². The Balaban J connectivity index is 0.000000244. The summed E-state index contributed by atoms with van der Waals surface area (Å²) < 4.78 is 66.7. The first-order valence-corrected chi connectivity index (χ1v) is 44.3. The molecule has 9 atom stereocenters. The van der Waals surface area contributed by atoms with Crippen LogP contribution < -0.4 is 41.3 Å². The summed E-state index contributed by atoms with van der Waals surface area (Å²) in [6, 6.07) is 36.2. The zero-order chi connectivity index (χ0) is 91.6. The summed E-state index contributed by atoms with van der Waals surface area (Å²) in [7, 11) is 0. The van der Waals surface area contributed by atoms with Crippen molar-refractivity contribution in [2.45, 2.75) is 256 Å². The largest absolute Gasteiger partial charge is 0.672 e. The number of hydrogen-bond acceptors (Lipinski definition) is 15. The van der Waals surface area contributed by atoms with Crippen LogP contribution in [0.1, 0.15) is 199 Å². The van der Waals surface area contributed by atoms with E-state index in [1.54, 1.807) is 12.1 Å². The summed E-state index contributed by atoms with van der Waals surface area (Å²) in [6.07, 6.45) is 6.59. The van der Waals surface area contributed by atoms with Crippen molar-refractivity contribution in [2.75, 3.05) is 98.1 Å². The SMILES string of the molecule is CC(C)(C)Cc1ccc(N2CCC(O)C2)c(CN)c1.CC(C)(C)Cc1ccc(N2CCC(O)C2)c(CNC[C@@H](O)[C@@H]([NH-])Cc2cc(F)cc(F)c2)c1.C[C@@H](Cc1cc(F)cc(F)c1)[C@H](O)CNCc1cc(CC(C)(C)C)ccc1N1CCC(O)C1.OC1CCNC1.[Ac].[C-]#[N+]c1cc(CC(C)(C)C)ccc1F.[C-]#[N+]c1cc(CC(C)(C)C)ccc1N1CCC(O)C1. The number of aliphatic hydroxyl groups excluding tert-OH is 7. The zero-order valence-corrected chi connectivity index (χ0v) is 82.0. The maximum atomic E-state index is 13.5. The van der Waals surface area contributed by atoms with Crippen LogP contribution >= 0.6 is 0 Å². The molecule has 0 spiro atoms. The fourth-order valence-electron chi connectivity index (χ4n) is 16.4. The van der Waals surface area contributed by atoms with Gasteiger partial charge in [0, 0.05) is 171 Å². The van der Waals surface area contributed by atoms with Crippen LogP contribution in [0.25, 0.3) is 15.4 Å². The predicted molar refractivity (Wildman–Crippen MR) is 496 cm³/mol. The average Bonchev–Trinajstić information content (AvgIpc) is 1.78. The molecule has 24 heteroatoms. The normalized spacial score (nSPS) is 18.7. The van der Waals surface area contributed by atoms with Gasteiger partial charge in [0.1, 0.15) is 29.1 Å². The van der Waals surface area contributed by atoms with Gasteiger partial charge >= 0.3 is 0 Å². The van der Waals surface area contributed by atoms with E-state index >= 15 is 0 Å². The molecule has 0 bridgehead atoms. The van der Waals surface area contributed by atoms with Gasteiger partial charge in [-0.05, 0) is 216 Å². The maximum Gasteiger partial charge on any atom is 0.222 e. The molecular formula is C101H145AcF5N11O7-. The van der Waals surface area contributed by atoms with Gasteiger partial charge in [-0.15, -0.1) is 6.04 Å². The van der Waals surface area contributed by atoms with Gasteiger partial charge in [0.25, 0.3) is 0 Å². The minimum absolute atomic E-state index is 0. The van der Waals surface area contributed by atoms with Crippen molar-refractivity contribution < 1.29 is 102 Å². The number of hydrogen-bond donors (Lipinski definition) is 11. The minimum Gasteiger partial charge on any atom is -0.672 e. The van der Waals surface area contributed by atoms with E-state index in [1.165, 1.54) is 63.8 Å². The molecule has 12 rings (SSSR count). The molecule has 685 valence electrons. The molecule has 7 aromatic carbocycles. The van der Waals surface area contributed by atoms with E-state index in [2.05, 4.69) is 210 Å². The van der Waals surface area contributed by atoms with E-state index in [1.807, 2.05) is 19.1 Å². The molecule has 5 heterocycles. The van der Waals surface area contributed by atoms with Crippen molar-refractivity contribution in [3.05, 3.63) is 241 Å². The number of benzene rings is 7. The van der Waals surface area contributed by atoms with Gasteiger partial charge in [-0.2, -0.15) is 0 Å². The summed E-state index contributed by atoms with van der Waals surface area (Å²) in [5, 5.41) is 78.6. The van der Waals surface area contributed by atoms with Crippen molar-refractivity contribution in [1.29, 1.82) is 0 Å².